The van der Waals surface area contributed by atoms with E-state index in [4.69, 9.17) is 18.9 Å². The van der Waals surface area contributed by atoms with Crippen LogP contribution in [0.15, 0.2) is 35.5 Å². The average molecular weight is 364 g/mol. The summed E-state index contributed by atoms with van der Waals surface area (Å²) in [5, 5.41) is 0. The van der Waals surface area contributed by atoms with Crippen LogP contribution in [-0.4, -0.2) is 71.6 Å². The van der Waals surface area contributed by atoms with Crippen LogP contribution in [0.2, 0.25) is 0 Å². The number of hydrogen-bond donors (Lipinski definition) is 0. The largest absolute Gasteiger partial charge is 0.492 e. The standard InChI is InChI=1S/C18H24N2O6/c1-19(2)8-9-26-14-7-5-6-13(10-14)20-12-25-11-15(17(21)23-3)16(20)18(22)24-4/h5-7,10H,8-9,11-12H2,1-4H3. The second kappa shape index (κ2) is 9.21. The van der Waals surface area contributed by atoms with Crippen molar-refractivity contribution in [3.63, 3.8) is 0 Å². The smallest absolute Gasteiger partial charge is 0.355 e. The maximum absolute atomic E-state index is 12.3. The Morgan fingerprint density at radius 1 is 1.19 bits per heavy atom. The van der Waals surface area contributed by atoms with Gasteiger partial charge in [-0.3, -0.25) is 0 Å². The van der Waals surface area contributed by atoms with E-state index < -0.39 is 11.9 Å². The number of esters is 2. The SMILES string of the molecule is COC(=O)C1=C(C(=O)OC)N(c2cccc(OCCN(C)C)c2)COC1. The predicted octanol–water partition coefficient (Wildman–Crippen LogP) is 1.02. The van der Waals surface area contributed by atoms with E-state index in [1.807, 2.05) is 31.1 Å². The minimum atomic E-state index is -0.632. The number of ether oxygens (including phenoxy) is 4. The Labute approximate surface area is 152 Å². The Hall–Kier alpha value is -2.58. The summed E-state index contributed by atoms with van der Waals surface area (Å²) >= 11 is 0. The average Bonchev–Trinajstić information content (AvgIpc) is 2.66. The Morgan fingerprint density at radius 3 is 2.58 bits per heavy atom. The first-order valence-corrected chi connectivity index (χ1v) is 8.10. The number of hydrogen-bond acceptors (Lipinski definition) is 8. The van der Waals surface area contributed by atoms with E-state index >= 15 is 0 Å². The number of methoxy groups -OCH3 is 2. The fourth-order valence-corrected chi connectivity index (χ4v) is 2.43. The molecule has 26 heavy (non-hydrogen) atoms. The second-order valence-electron chi connectivity index (χ2n) is 5.87. The lowest BCUT2D eigenvalue weighted by Crippen LogP contribution is -2.38. The number of carbonyl (C=O) groups is 2. The molecule has 0 atom stereocenters. The van der Waals surface area contributed by atoms with Crippen LogP contribution in [0.25, 0.3) is 0 Å². The third-order valence-electron chi connectivity index (χ3n) is 3.77. The van der Waals surface area contributed by atoms with Gasteiger partial charge in [0.25, 0.3) is 0 Å². The summed E-state index contributed by atoms with van der Waals surface area (Å²) in [6, 6.07) is 7.21. The highest BCUT2D eigenvalue weighted by Crippen LogP contribution is 2.29. The van der Waals surface area contributed by atoms with E-state index in [0.717, 1.165) is 6.54 Å². The monoisotopic (exact) mass is 364 g/mol. The van der Waals surface area contributed by atoms with Crippen molar-refractivity contribution in [2.45, 2.75) is 0 Å². The Bertz CT molecular complexity index is 686. The summed E-state index contributed by atoms with van der Waals surface area (Å²) in [4.78, 5) is 27.9. The third-order valence-corrected chi connectivity index (χ3v) is 3.77. The zero-order valence-electron chi connectivity index (χ0n) is 15.5. The zero-order chi connectivity index (χ0) is 19.1. The molecule has 0 N–H and O–H groups in total. The molecule has 0 bridgehead atoms. The minimum Gasteiger partial charge on any atom is -0.492 e. The molecule has 0 spiro atoms. The molecule has 142 valence electrons. The van der Waals surface area contributed by atoms with Crippen LogP contribution in [0.1, 0.15) is 0 Å². The lowest BCUT2D eigenvalue weighted by Gasteiger charge is -2.31. The molecule has 1 aliphatic rings. The van der Waals surface area contributed by atoms with Gasteiger partial charge >= 0.3 is 11.9 Å². The fourth-order valence-electron chi connectivity index (χ4n) is 2.43. The van der Waals surface area contributed by atoms with Crippen molar-refractivity contribution in [1.82, 2.24) is 4.90 Å². The maximum Gasteiger partial charge on any atom is 0.355 e. The van der Waals surface area contributed by atoms with Crippen molar-refractivity contribution in [3.05, 3.63) is 35.5 Å². The predicted molar refractivity (Wildman–Crippen MR) is 94.8 cm³/mol. The van der Waals surface area contributed by atoms with Crippen molar-refractivity contribution < 1.29 is 28.5 Å². The molecule has 1 heterocycles. The number of rotatable bonds is 7. The lowest BCUT2D eigenvalue weighted by molar-refractivity contribution is -0.140. The third kappa shape index (κ3) is 4.74. The Kier molecular flexibility index (Phi) is 6.99. The summed E-state index contributed by atoms with van der Waals surface area (Å²) in [7, 11) is 6.44. The highest BCUT2D eigenvalue weighted by Gasteiger charge is 2.32. The summed E-state index contributed by atoms with van der Waals surface area (Å²) in [6.07, 6.45) is 0. The molecule has 0 saturated carbocycles. The number of nitrogens with zero attached hydrogens (tertiary/aromatic N) is 2. The van der Waals surface area contributed by atoms with E-state index in [-0.39, 0.29) is 24.6 Å². The molecule has 8 nitrogen and oxygen atoms in total. The van der Waals surface area contributed by atoms with Crippen molar-refractivity contribution in [2.75, 3.05) is 59.7 Å². The van der Waals surface area contributed by atoms with Crippen LogP contribution in [0.5, 0.6) is 5.75 Å². The van der Waals surface area contributed by atoms with Gasteiger partial charge in [0.1, 0.15) is 24.8 Å². The van der Waals surface area contributed by atoms with Gasteiger partial charge in [0.05, 0.1) is 26.4 Å². The number of likely N-dealkylation sites (N-methyl/N-ethyl adjacent to an activating group) is 1. The van der Waals surface area contributed by atoms with Crippen LogP contribution in [0, 0.1) is 0 Å². The first kappa shape index (κ1) is 19.7. The summed E-state index contributed by atoms with van der Waals surface area (Å²) in [5.41, 5.74) is 0.870. The van der Waals surface area contributed by atoms with E-state index in [0.29, 0.717) is 18.0 Å². The summed E-state index contributed by atoms with van der Waals surface area (Å²) in [5.74, 6) is -0.611. The van der Waals surface area contributed by atoms with E-state index in [9.17, 15) is 9.59 Å². The Morgan fingerprint density at radius 2 is 1.92 bits per heavy atom. The van der Waals surface area contributed by atoms with Gasteiger partial charge in [0.15, 0.2) is 0 Å². The van der Waals surface area contributed by atoms with Crippen LogP contribution < -0.4 is 9.64 Å². The first-order valence-electron chi connectivity index (χ1n) is 8.10. The number of benzene rings is 1. The van der Waals surface area contributed by atoms with Crippen LogP contribution in [-0.2, 0) is 23.8 Å². The zero-order valence-corrected chi connectivity index (χ0v) is 15.5. The number of anilines is 1. The van der Waals surface area contributed by atoms with Gasteiger partial charge in [-0.15, -0.1) is 0 Å². The van der Waals surface area contributed by atoms with Gasteiger partial charge in [-0.2, -0.15) is 0 Å². The van der Waals surface area contributed by atoms with Gasteiger partial charge < -0.3 is 28.7 Å². The second-order valence-corrected chi connectivity index (χ2v) is 5.87. The quantitative estimate of drug-likeness (QED) is 0.664. The van der Waals surface area contributed by atoms with E-state index in [1.165, 1.54) is 14.2 Å². The highest BCUT2D eigenvalue weighted by molar-refractivity contribution is 6.03. The molecular weight excluding hydrogens is 340 g/mol. The maximum atomic E-state index is 12.3. The number of carbonyl (C=O) groups excluding carboxylic acids is 2. The van der Waals surface area contributed by atoms with Gasteiger partial charge in [0.2, 0.25) is 0 Å². The Balaban J connectivity index is 2.32. The van der Waals surface area contributed by atoms with Crippen LogP contribution in [0.4, 0.5) is 5.69 Å². The van der Waals surface area contributed by atoms with Gasteiger partial charge in [0, 0.05) is 18.3 Å². The normalized spacial score (nSPS) is 14.4. The molecule has 1 aliphatic heterocycles. The first-order chi connectivity index (χ1) is 12.5. The van der Waals surface area contributed by atoms with Crippen LogP contribution >= 0.6 is 0 Å². The topological polar surface area (TPSA) is 77.5 Å². The molecular formula is C18H24N2O6. The molecule has 8 heteroatoms. The lowest BCUT2D eigenvalue weighted by atomic mass is 10.1. The van der Waals surface area contributed by atoms with Crippen molar-refractivity contribution in [3.8, 4) is 5.75 Å². The molecule has 1 aromatic rings. The molecule has 0 unspecified atom stereocenters. The molecule has 0 aromatic heterocycles. The van der Waals surface area contributed by atoms with E-state index in [2.05, 4.69) is 0 Å². The van der Waals surface area contributed by atoms with Crippen molar-refractivity contribution in [1.29, 1.82) is 0 Å². The van der Waals surface area contributed by atoms with Crippen LogP contribution in [0.3, 0.4) is 0 Å². The summed E-state index contributed by atoms with van der Waals surface area (Å²) in [6.45, 7) is 1.38. The molecule has 1 aromatic carbocycles. The van der Waals surface area contributed by atoms with E-state index in [1.54, 1.807) is 17.0 Å². The molecule has 0 saturated heterocycles. The molecule has 0 amide bonds. The molecule has 0 radical (unpaired) electrons. The molecule has 2 rings (SSSR count). The molecule has 0 aliphatic carbocycles. The minimum absolute atomic E-state index is 0.0212. The highest BCUT2D eigenvalue weighted by atomic mass is 16.5. The van der Waals surface area contributed by atoms with Gasteiger partial charge in [-0.1, -0.05) is 6.07 Å². The summed E-state index contributed by atoms with van der Waals surface area (Å²) < 4.78 is 20.8. The van der Waals surface area contributed by atoms with Gasteiger partial charge in [-0.25, -0.2) is 9.59 Å². The van der Waals surface area contributed by atoms with Crippen molar-refractivity contribution >= 4 is 17.6 Å². The molecule has 0 fully saturated rings. The van der Waals surface area contributed by atoms with Crippen molar-refractivity contribution in [2.24, 2.45) is 0 Å². The fraction of sp³-hybridized carbons (Fsp3) is 0.444. The van der Waals surface area contributed by atoms with Gasteiger partial charge in [-0.05, 0) is 26.2 Å².